The number of halogens is 1. The van der Waals surface area contributed by atoms with Gasteiger partial charge in [-0.3, -0.25) is 4.98 Å². The topological polar surface area (TPSA) is 50.3 Å². The number of ether oxygens (including phenoxy) is 1. The number of rotatable bonds is 11. The summed E-state index contributed by atoms with van der Waals surface area (Å²) in [5.41, 5.74) is 5.00. The summed E-state index contributed by atoms with van der Waals surface area (Å²) < 4.78 is 19.4. The van der Waals surface area contributed by atoms with Gasteiger partial charge in [-0.15, -0.1) is 0 Å². The van der Waals surface area contributed by atoms with Crippen LogP contribution in [-0.4, -0.2) is 41.1 Å². The van der Waals surface area contributed by atoms with Crippen LogP contribution in [0.4, 0.5) is 10.2 Å². The molecule has 0 saturated carbocycles. The van der Waals surface area contributed by atoms with E-state index in [1.807, 2.05) is 0 Å². The largest absolute Gasteiger partial charge is 0.492 e. The van der Waals surface area contributed by atoms with Crippen molar-refractivity contribution in [2.24, 2.45) is 0 Å². The maximum atomic E-state index is 13.3. The van der Waals surface area contributed by atoms with Gasteiger partial charge in [-0.25, -0.2) is 9.37 Å². The Labute approximate surface area is 197 Å². The molecule has 1 N–H and O–H groups in total. The van der Waals surface area contributed by atoms with Gasteiger partial charge in [-0.2, -0.15) is 0 Å². The molecule has 6 heteroatoms. The molecule has 1 unspecified atom stereocenters. The average molecular weight is 451 g/mol. The zero-order chi connectivity index (χ0) is 23.8. The Kier molecular flexibility index (Phi) is 8.78. The van der Waals surface area contributed by atoms with Crippen molar-refractivity contribution in [3.63, 3.8) is 0 Å². The fraction of sp³-hybridized carbons (Fsp3) is 0.407. The van der Waals surface area contributed by atoms with E-state index in [1.165, 1.54) is 12.1 Å². The van der Waals surface area contributed by atoms with Crippen molar-refractivity contribution in [2.45, 2.75) is 47.1 Å². The molecular formula is C27H35FN4O. The maximum Gasteiger partial charge on any atom is 0.145 e. The molecule has 176 valence electrons. The second-order valence-corrected chi connectivity index (χ2v) is 8.26. The van der Waals surface area contributed by atoms with E-state index in [2.05, 4.69) is 62.0 Å². The fourth-order valence-electron chi connectivity index (χ4n) is 4.01. The molecule has 33 heavy (non-hydrogen) atoms. The standard InChI is InChI=1S/C27H35FN4O/c1-6-24(21-9-11-23(28)12-10-21)30-26-18-29-17-25(31-26)22-15-19(4)27(20(5)16-22)33-14-13-32(7-2)8-3/h9-12,15-18,24H,6-8,13-14H2,1-5H3,(H,30,31). The van der Waals surface area contributed by atoms with E-state index in [-0.39, 0.29) is 11.9 Å². The van der Waals surface area contributed by atoms with Gasteiger partial charge in [-0.1, -0.05) is 32.9 Å². The number of nitrogens with one attached hydrogen (secondary N) is 1. The number of aryl methyl sites for hydroxylation is 2. The van der Waals surface area contributed by atoms with E-state index in [0.717, 1.165) is 59.8 Å². The lowest BCUT2D eigenvalue weighted by molar-refractivity contribution is 0.221. The van der Waals surface area contributed by atoms with E-state index in [9.17, 15) is 4.39 Å². The normalized spacial score (nSPS) is 12.1. The van der Waals surface area contributed by atoms with Crippen LogP contribution in [0, 0.1) is 19.7 Å². The third kappa shape index (κ3) is 6.51. The minimum atomic E-state index is -0.235. The summed E-state index contributed by atoms with van der Waals surface area (Å²) in [4.78, 5) is 11.6. The third-order valence-corrected chi connectivity index (χ3v) is 5.94. The van der Waals surface area contributed by atoms with Crippen LogP contribution in [0.1, 0.15) is 49.9 Å². The molecule has 0 aliphatic carbocycles. The summed E-state index contributed by atoms with van der Waals surface area (Å²) in [6, 6.07) is 10.8. The Morgan fingerprint density at radius 2 is 1.67 bits per heavy atom. The summed E-state index contributed by atoms with van der Waals surface area (Å²) in [6.45, 7) is 14.2. The summed E-state index contributed by atoms with van der Waals surface area (Å²) in [5.74, 6) is 1.40. The summed E-state index contributed by atoms with van der Waals surface area (Å²) >= 11 is 0. The summed E-state index contributed by atoms with van der Waals surface area (Å²) in [5, 5.41) is 3.44. The lowest BCUT2D eigenvalue weighted by Crippen LogP contribution is -2.28. The first-order valence-corrected chi connectivity index (χ1v) is 11.8. The summed E-state index contributed by atoms with van der Waals surface area (Å²) in [7, 11) is 0. The van der Waals surface area contributed by atoms with Crippen LogP contribution in [0.5, 0.6) is 5.75 Å². The molecule has 0 aliphatic rings. The van der Waals surface area contributed by atoms with Crippen molar-refractivity contribution in [3.05, 3.63) is 71.3 Å². The first kappa shape index (κ1) is 24.6. The van der Waals surface area contributed by atoms with Crippen LogP contribution < -0.4 is 10.1 Å². The highest BCUT2D eigenvalue weighted by atomic mass is 19.1. The Morgan fingerprint density at radius 3 is 2.27 bits per heavy atom. The second-order valence-electron chi connectivity index (χ2n) is 8.26. The predicted molar refractivity (Wildman–Crippen MR) is 133 cm³/mol. The van der Waals surface area contributed by atoms with Crippen LogP contribution in [0.2, 0.25) is 0 Å². The molecule has 5 nitrogen and oxygen atoms in total. The molecule has 0 aliphatic heterocycles. The molecule has 0 fully saturated rings. The first-order valence-electron chi connectivity index (χ1n) is 11.8. The molecule has 3 aromatic rings. The van der Waals surface area contributed by atoms with Crippen molar-refractivity contribution in [2.75, 3.05) is 31.6 Å². The van der Waals surface area contributed by atoms with E-state index >= 15 is 0 Å². The fourth-order valence-corrected chi connectivity index (χ4v) is 4.01. The van der Waals surface area contributed by atoms with E-state index in [1.54, 1.807) is 24.5 Å². The van der Waals surface area contributed by atoms with Crippen LogP contribution >= 0.6 is 0 Å². The van der Waals surface area contributed by atoms with Crippen molar-refractivity contribution in [1.82, 2.24) is 14.9 Å². The Morgan fingerprint density at radius 1 is 1.00 bits per heavy atom. The average Bonchev–Trinajstić information content (AvgIpc) is 2.82. The molecule has 1 heterocycles. The number of hydrogen-bond donors (Lipinski definition) is 1. The van der Waals surface area contributed by atoms with Crippen molar-refractivity contribution in [3.8, 4) is 17.0 Å². The van der Waals surface area contributed by atoms with Crippen molar-refractivity contribution < 1.29 is 9.13 Å². The van der Waals surface area contributed by atoms with Gasteiger partial charge >= 0.3 is 0 Å². The number of likely N-dealkylation sites (N-methyl/N-ethyl adjacent to an activating group) is 1. The molecule has 0 bridgehead atoms. The highest BCUT2D eigenvalue weighted by Gasteiger charge is 2.13. The van der Waals surface area contributed by atoms with Crippen LogP contribution in [0.15, 0.2) is 48.8 Å². The molecule has 0 spiro atoms. The van der Waals surface area contributed by atoms with E-state index in [4.69, 9.17) is 9.72 Å². The molecule has 1 aromatic heterocycles. The van der Waals surface area contributed by atoms with Crippen LogP contribution in [0.3, 0.4) is 0 Å². The number of nitrogens with zero attached hydrogens (tertiary/aromatic N) is 3. The van der Waals surface area contributed by atoms with Gasteiger partial charge in [-0.05, 0) is 74.3 Å². The molecule has 1 atom stereocenters. The van der Waals surface area contributed by atoms with Crippen LogP contribution in [0.25, 0.3) is 11.3 Å². The number of aromatic nitrogens is 2. The second kappa shape index (κ2) is 11.8. The monoisotopic (exact) mass is 450 g/mol. The highest BCUT2D eigenvalue weighted by Crippen LogP contribution is 2.30. The first-order chi connectivity index (χ1) is 15.9. The van der Waals surface area contributed by atoms with Gasteiger partial charge in [0.2, 0.25) is 0 Å². The Bertz CT molecular complexity index is 1010. The molecular weight excluding hydrogens is 415 g/mol. The van der Waals surface area contributed by atoms with E-state index < -0.39 is 0 Å². The van der Waals surface area contributed by atoms with E-state index in [0.29, 0.717) is 12.4 Å². The zero-order valence-corrected chi connectivity index (χ0v) is 20.4. The van der Waals surface area contributed by atoms with Gasteiger partial charge in [0, 0.05) is 12.1 Å². The zero-order valence-electron chi connectivity index (χ0n) is 20.4. The molecule has 2 aromatic carbocycles. The number of hydrogen-bond acceptors (Lipinski definition) is 5. The Hall–Kier alpha value is -2.99. The minimum Gasteiger partial charge on any atom is -0.492 e. The van der Waals surface area contributed by atoms with Crippen molar-refractivity contribution >= 4 is 5.82 Å². The molecule has 3 rings (SSSR count). The highest BCUT2D eigenvalue weighted by molar-refractivity contribution is 5.64. The third-order valence-electron chi connectivity index (χ3n) is 5.94. The number of benzene rings is 2. The van der Waals surface area contributed by atoms with Crippen LogP contribution in [-0.2, 0) is 0 Å². The summed E-state index contributed by atoms with van der Waals surface area (Å²) in [6.07, 6.45) is 4.34. The van der Waals surface area contributed by atoms with Gasteiger partial charge in [0.1, 0.15) is 24.0 Å². The predicted octanol–water partition coefficient (Wildman–Crippen LogP) is 6.18. The molecule has 0 saturated heterocycles. The van der Waals surface area contributed by atoms with Gasteiger partial charge in [0.05, 0.1) is 24.1 Å². The lowest BCUT2D eigenvalue weighted by atomic mass is 10.0. The SMILES string of the molecule is CCC(Nc1cncc(-c2cc(C)c(OCCN(CC)CC)c(C)c2)n1)c1ccc(F)cc1. The minimum absolute atomic E-state index is 0.0280. The van der Waals surface area contributed by atoms with Crippen molar-refractivity contribution in [1.29, 1.82) is 0 Å². The van der Waals surface area contributed by atoms with Gasteiger partial charge in [0.25, 0.3) is 0 Å². The maximum absolute atomic E-state index is 13.3. The van der Waals surface area contributed by atoms with Gasteiger partial charge < -0.3 is 15.0 Å². The molecule has 0 radical (unpaired) electrons. The Balaban J connectivity index is 1.75. The molecule has 0 amide bonds. The number of anilines is 1. The quantitative estimate of drug-likeness (QED) is 0.378. The smallest absolute Gasteiger partial charge is 0.145 e. The lowest BCUT2D eigenvalue weighted by Gasteiger charge is -2.20. The van der Waals surface area contributed by atoms with Gasteiger partial charge in [0.15, 0.2) is 0 Å².